The van der Waals surface area contributed by atoms with Crippen LogP contribution >= 0.6 is 0 Å². The van der Waals surface area contributed by atoms with Gasteiger partial charge in [-0.3, -0.25) is 4.79 Å². The number of aliphatic hydroxyl groups is 2. The predicted octanol–water partition coefficient (Wildman–Crippen LogP) is -1.27. The first-order valence-corrected chi connectivity index (χ1v) is 6.58. The molecule has 128 valence electrons. The van der Waals surface area contributed by atoms with Crippen LogP contribution in [0.3, 0.4) is 0 Å². The van der Waals surface area contributed by atoms with Crippen molar-refractivity contribution in [1.29, 1.82) is 0 Å². The second-order valence-corrected chi connectivity index (χ2v) is 4.70. The summed E-state index contributed by atoms with van der Waals surface area (Å²) in [4.78, 5) is 25.2. The third-order valence-corrected chi connectivity index (χ3v) is 3.15. The number of methoxy groups -OCH3 is 1. The number of carbonyl (C=O) groups is 2. The van der Waals surface area contributed by atoms with Gasteiger partial charge in [-0.15, -0.1) is 0 Å². The van der Waals surface area contributed by atoms with E-state index in [1.54, 1.807) is 0 Å². The average Bonchev–Trinajstić information content (AvgIpc) is 2.53. The van der Waals surface area contributed by atoms with E-state index < -0.39 is 48.9 Å². The monoisotopic (exact) mass is 330 g/mol. The van der Waals surface area contributed by atoms with E-state index in [9.17, 15) is 19.8 Å². The second-order valence-electron chi connectivity index (χ2n) is 4.70. The Kier molecular flexibility index (Phi) is 6.79. The molecule has 0 aromatic heterocycles. The molecule has 5 atom stereocenters. The van der Waals surface area contributed by atoms with Crippen molar-refractivity contribution in [3.8, 4) is 0 Å². The Labute approximate surface area is 131 Å². The van der Waals surface area contributed by atoms with Crippen LogP contribution in [-0.2, 0) is 23.8 Å². The summed E-state index contributed by atoms with van der Waals surface area (Å²) in [5.74, 6) is -1.90. The quantitative estimate of drug-likeness (QED) is 0.233. The van der Waals surface area contributed by atoms with Crippen molar-refractivity contribution in [3.05, 3.63) is 22.3 Å². The standard InChI is InChI=1S/C12H18N4O7/c1-5(18)22-8(4-17)10(19)11-9(13)6(15-16-14)3-7(23-11)12(20)21-2/h3,6,8-11,17,19H,4,13H2,1-2H3/t6?,8-,9?,10-,11?/m1/s1. The van der Waals surface area contributed by atoms with Crippen molar-refractivity contribution >= 4 is 11.9 Å². The molecule has 0 radical (unpaired) electrons. The van der Waals surface area contributed by atoms with Gasteiger partial charge in [0, 0.05) is 11.8 Å². The van der Waals surface area contributed by atoms with Gasteiger partial charge < -0.3 is 30.2 Å². The number of azide groups is 1. The molecule has 23 heavy (non-hydrogen) atoms. The molecule has 11 heteroatoms. The van der Waals surface area contributed by atoms with Gasteiger partial charge in [0.15, 0.2) is 6.10 Å². The number of hydrogen-bond donors (Lipinski definition) is 3. The second kappa shape index (κ2) is 8.34. The van der Waals surface area contributed by atoms with Gasteiger partial charge in [-0.2, -0.15) is 0 Å². The van der Waals surface area contributed by atoms with E-state index in [2.05, 4.69) is 14.8 Å². The summed E-state index contributed by atoms with van der Waals surface area (Å²) in [5, 5.41) is 22.9. The minimum absolute atomic E-state index is 0.310. The molecule has 11 nitrogen and oxygen atoms in total. The molecule has 0 saturated heterocycles. The summed E-state index contributed by atoms with van der Waals surface area (Å²) in [6.07, 6.45) is -3.00. The molecule has 3 unspecified atom stereocenters. The number of aliphatic hydroxyl groups excluding tert-OH is 2. The van der Waals surface area contributed by atoms with E-state index in [0.717, 1.165) is 14.0 Å². The average molecular weight is 330 g/mol. The molecule has 4 N–H and O–H groups in total. The van der Waals surface area contributed by atoms with Gasteiger partial charge in [0.1, 0.15) is 12.2 Å². The molecular formula is C12H18N4O7. The van der Waals surface area contributed by atoms with Gasteiger partial charge in [0.2, 0.25) is 5.76 Å². The number of carbonyl (C=O) groups excluding carboxylic acids is 2. The summed E-state index contributed by atoms with van der Waals surface area (Å²) in [6, 6.07) is -2.04. The largest absolute Gasteiger partial charge is 0.479 e. The zero-order chi connectivity index (χ0) is 17.6. The van der Waals surface area contributed by atoms with Crippen LogP contribution in [0.5, 0.6) is 0 Å². The molecule has 0 spiro atoms. The molecule has 0 aromatic rings. The van der Waals surface area contributed by atoms with Crippen LogP contribution in [0.15, 0.2) is 16.9 Å². The van der Waals surface area contributed by atoms with Crippen LogP contribution in [0, 0.1) is 0 Å². The van der Waals surface area contributed by atoms with Crippen LogP contribution < -0.4 is 5.73 Å². The van der Waals surface area contributed by atoms with E-state index >= 15 is 0 Å². The lowest BCUT2D eigenvalue weighted by molar-refractivity contribution is -0.167. The van der Waals surface area contributed by atoms with E-state index in [-0.39, 0.29) is 5.76 Å². The highest BCUT2D eigenvalue weighted by molar-refractivity contribution is 5.86. The molecule has 1 aliphatic rings. The molecule has 0 bridgehead atoms. The molecule has 0 amide bonds. The molecule has 1 aliphatic heterocycles. The highest BCUT2D eigenvalue weighted by Gasteiger charge is 2.42. The molecule has 0 fully saturated rings. The highest BCUT2D eigenvalue weighted by Crippen LogP contribution is 2.24. The topological polar surface area (TPSA) is 177 Å². The Hall–Kier alpha value is -2.33. The lowest BCUT2D eigenvalue weighted by Gasteiger charge is -2.37. The van der Waals surface area contributed by atoms with Crippen molar-refractivity contribution in [2.24, 2.45) is 10.8 Å². The number of nitrogens with zero attached hydrogens (tertiary/aromatic N) is 3. The lowest BCUT2D eigenvalue weighted by atomic mass is 9.93. The maximum absolute atomic E-state index is 11.6. The van der Waals surface area contributed by atoms with E-state index in [4.69, 9.17) is 20.7 Å². The van der Waals surface area contributed by atoms with E-state index in [0.29, 0.717) is 0 Å². The molecule has 1 rings (SSSR count). The fourth-order valence-electron chi connectivity index (χ4n) is 2.05. The molecule has 0 aromatic carbocycles. The maximum atomic E-state index is 11.6. The summed E-state index contributed by atoms with van der Waals surface area (Å²) in [6.45, 7) is 0.399. The van der Waals surface area contributed by atoms with Crippen molar-refractivity contribution in [2.45, 2.75) is 37.3 Å². The SMILES string of the molecule is COC(=O)C1=CC(N=[N+]=[N-])C(N)C([C@H](O)[C@@H](CO)OC(C)=O)O1. The van der Waals surface area contributed by atoms with Crippen molar-refractivity contribution in [1.82, 2.24) is 0 Å². The van der Waals surface area contributed by atoms with Crippen LogP contribution in [-0.4, -0.2) is 66.3 Å². The molecular weight excluding hydrogens is 312 g/mol. The third-order valence-electron chi connectivity index (χ3n) is 3.15. The van der Waals surface area contributed by atoms with Crippen molar-refractivity contribution in [2.75, 3.05) is 13.7 Å². The number of hydrogen-bond acceptors (Lipinski definition) is 9. The molecule has 1 heterocycles. The zero-order valence-electron chi connectivity index (χ0n) is 12.5. The predicted molar refractivity (Wildman–Crippen MR) is 74.5 cm³/mol. The zero-order valence-corrected chi connectivity index (χ0v) is 12.5. The fourth-order valence-corrected chi connectivity index (χ4v) is 2.05. The summed E-state index contributed by atoms with van der Waals surface area (Å²) >= 11 is 0. The normalized spacial score (nSPS) is 26.0. The Morgan fingerprint density at radius 2 is 2.26 bits per heavy atom. The Bertz CT molecular complexity index is 532. The van der Waals surface area contributed by atoms with E-state index in [1.807, 2.05) is 0 Å². The summed E-state index contributed by atoms with van der Waals surface area (Å²) < 4.78 is 14.6. The van der Waals surface area contributed by atoms with Gasteiger partial charge in [-0.25, -0.2) is 4.79 Å². The molecule has 0 aliphatic carbocycles. The minimum atomic E-state index is -1.57. The van der Waals surface area contributed by atoms with Crippen molar-refractivity contribution < 1.29 is 34.0 Å². The highest BCUT2D eigenvalue weighted by atomic mass is 16.6. The maximum Gasteiger partial charge on any atom is 0.372 e. The minimum Gasteiger partial charge on any atom is -0.479 e. The Balaban J connectivity index is 3.08. The Morgan fingerprint density at radius 1 is 1.61 bits per heavy atom. The van der Waals surface area contributed by atoms with Crippen LogP contribution in [0.2, 0.25) is 0 Å². The smallest absolute Gasteiger partial charge is 0.372 e. The van der Waals surface area contributed by atoms with Gasteiger partial charge in [0.25, 0.3) is 0 Å². The van der Waals surface area contributed by atoms with Gasteiger partial charge in [-0.05, 0) is 11.6 Å². The van der Waals surface area contributed by atoms with E-state index in [1.165, 1.54) is 6.08 Å². The van der Waals surface area contributed by atoms with Gasteiger partial charge in [-0.1, -0.05) is 5.11 Å². The fraction of sp³-hybridized carbons (Fsp3) is 0.667. The number of rotatable bonds is 6. The number of ether oxygens (including phenoxy) is 3. The summed E-state index contributed by atoms with van der Waals surface area (Å²) in [7, 11) is 1.12. The first-order valence-electron chi connectivity index (χ1n) is 6.58. The van der Waals surface area contributed by atoms with Crippen LogP contribution in [0.4, 0.5) is 0 Å². The molecule has 0 saturated carbocycles. The van der Waals surface area contributed by atoms with Gasteiger partial charge in [0.05, 0.1) is 25.8 Å². The third kappa shape index (κ3) is 4.57. The van der Waals surface area contributed by atoms with Gasteiger partial charge >= 0.3 is 11.9 Å². The van der Waals surface area contributed by atoms with Crippen LogP contribution in [0.25, 0.3) is 10.4 Å². The first kappa shape index (κ1) is 18.7. The number of nitrogens with two attached hydrogens (primary N) is 1. The first-order chi connectivity index (χ1) is 10.8. The summed E-state index contributed by atoms with van der Waals surface area (Å²) in [5.41, 5.74) is 14.4. The van der Waals surface area contributed by atoms with Crippen molar-refractivity contribution in [3.63, 3.8) is 0 Å². The number of esters is 2. The lowest BCUT2D eigenvalue weighted by Crippen LogP contribution is -2.57. The van der Waals surface area contributed by atoms with Crippen LogP contribution in [0.1, 0.15) is 6.92 Å². The Morgan fingerprint density at radius 3 is 2.74 bits per heavy atom.